The zero-order chi connectivity index (χ0) is 25.9. The molecule has 1 N–H and O–H groups in total. The number of ether oxygens (including phenoxy) is 5. The smallest absolute Gasteiger partial charge is 0.231 e. The Morgan fingerprint density at radius 2 is 1.62 bits per heavy atom. The average Bonchev–Trinajstić information content (AvgIpc) is 3.41. The Morgan fingerprint density at radius 3 is 2.35 bits per heavy atom. The third kappa shape index (κ3) is 4.72. The minimum absolute atomic E-state index is 0.0780. The Balaban J connectivity index is 1.53. The van der Waals surface area contributed by atoms with Crippen molar-refractivity contribution in [1.82, 2.24) is 0 Å². The van der Waals surface area contributed by atoms with Crippen LogP contribution in [0.15, 0.2) is 60.7 Å². The van der Waals surface area contributed by atoms with Gasteiger partial charge in [0, 0.05) is 24.2 Å². The van der Waals surface area contributed by atoms with Crippen LogP contribution in [-0.4, -0.2) is 39.9 Å². The number of amides is 2. The van der Waals surface area contributed by atoms with Crippen LogP contribution in [0.3, 0.4) is 0 Å². The van der Waals surface area contributed by atoms with Crippen molar-refractivity contribution in [2.45, 2.75) is 18.9 Å². The van der Waals surface area contributed by atoms with Crippen LogP contribution in [0.4, 0.5) is 11.4 Å². The molecule has 5 rings (SSSR count). The number of hydrogen-bond acceptors (Lipinski definition) is 7. The predicted octanol–water partition coefficient (Wildman–Crippen LogP) is 4.56. The van der Waals surface area contributed by atoms with E-state index in [1.54, 1.807) is 49.5 Å². The maximum absolute atomic E-state index is 13.8. The molecular weight excluding hydrogens is 476 g/mol. The highest BCUT2D eigenvalue weighted by Crippen LogP contribution is 2.44. The van der Waals surface area contributed by atoms with Crippen molar-refractivity contribution in [2.24, 2.45) is 5.92 Å². The first-order chi connectivity index (χ1) is 18.0. The average molecular weight is 505 g/mol. The molecule has 2 atom stereocenters. The van der Waals surface area contributed by atoms with Crippen molar-refractivity contribution in [3.05, 3.63) is 66.2 Å². The van der Waals surface area contributed by atoms with Crippen LogP contribution >= 0.6 is 0 Å². The van der Waals surface area contributed by atoms with Crippen LogP contribution in [0.2, 0.25) is 0 Å². The number of methoxy groups -OCH3 is 3. The van der Waals surface area contributed by atoms with Crippen molar-refractivity contribution >= 4 is 23.2 Å². The SMILES string of the molecule is COc1ccc([C@H]2[C@@H](C(=O)Nc3ccc(OC)cc3OC)CCC(=O)N2c2ccc3c(c2)OCO3)cc1. The van der Waals surface area contributed by atoms with Crippen molar-refractivity contribution < 1.29 is 33.3 Å². The van der Waals surface area contributed by atoms with E-state index in [-0.39, 0.29) is 25.0 Å². The van der Waals surface area contributed by atoms with E-state index >= 15 is 0 Å². The van der Waals surface area contributed by atoms with Gasteiger partial charge in [-0.25, -0.2) is 0 Å². The number of nitrogens with one attached hydrogen (secondary N) is 1. The highest BCUT2D eigenvalue weighted by molar-refractivity contribution is 6.01. The summed E-state index contributed by atoms with van der Waals surface area (Å²) in [7, 11) is 4.69. The topological polar surface area (TPSA) is 95.6 Å². The van der Waals surface area contributed by atoms with Gasteiger partial charge in [-0.05, 0) is 48.4 Å². The molecule has 37 heavy (non-hydrogen) atoms. The molecule has 0 saturated carbocycles. The zero-order valence-corrected chi connectivity index (χ0v) is 20.9. The van der Waals surface area contributed by atoms with Crippen LogP contribution in [0, 0.1) is 5.92 Å². The number of hydrogen-bond donors (Lipinski definition) is 1. The van der Waals surface area contributed by atoms with Gasteiger partial charge in [0.2, 0.25) is 18.6 Å². The van der Waals surface area contributed by atoms with E-state index in [0.29, 0.717) is 46.5 Å². The first-order valence-corrected chi connectivity index (χ1v) is 11.9. The van der Waals surface area contributed by atoms with Crippen LogP contribution in [0.5, 0.6) is 28.7 Å². The highest BCUT2D eigenvalue weighted by atomic mass is 16.7. The molecule has 1 fully saturated rings. The molecule has 9 heteroatoms. The summed E-state index contributed by atoms with van der Waals surface area (Å²) in [6.45, 7) is 0.128. The van der Waals surface area contributed by atoms with E-state index in [2.05, 4.69) is 5.32 Å². The third-order valence-corrected chi connectivity index (χ3v) is 6.69. The molecule has 9 nitrogen and oxygen atoms in total. The van der Waals surface area contributed by atoms with Gasteiger partial charge in [0.05, 0.1) is 39.0 Å². The van der Waals surface area contributed by atoms with Crippen molar-refractivity contribution in [1.29, 1.82) is 0 Å². The lowest BCUT2D eigenvalue weighted by molar-refractivity contribution is -0.125. The Morgan fingerprint density at radius 1 is 0.892 bits per heavy atom. The van der Waals surface area contributed by atoms with Crippen LogP contribution < -0.4 is 33.9 Å². The molecule has 0 unspecified atom stereocenters. The molecule has 2 heterocycles. The molecule has 2 aliphatic rings. The van der Waals surface area contributed by atoms with Crippen molar-refractivity contribution in [3.63, 3.8) is 0 Å². The fraction of sp³-hybridized carbons (Fsp3) is 0.286. The number of nitrogens with zero attached hydrogens (tertiary/aromatic N) is 1. The molecule has 2 amide bonds. The lowest BCUT2D eigenvalue weighted by Crippen LogP contribution is -2.47. The van der Waals surface area contributed by atoms with Gasteiger partial charge < -0.3 is 33.9 Å². The number of carbonyl (C=O) groups is 2. The van der Waals surface area contributed by atoms with E-state index in [9.17, 15) is 9.59 Å². The molecular formula is C28H28N2O7. The number of rotatable bonds is 7. The standard InChI is InChI=1S/C28H28N2O7/c1-33-19-7-4-17(5-8-19)27-21(28(32)29-22-11-9-20(34-2)15-24(22)35-3)10-13-26(31)30(27)18-6-12-23-25(14-18)37-16-36-23/h4-9,11-12,14-15,21,27H,10,13,16H2,1-3H3,(H,29,32)/t21-,27-/m0/s1. The molecule has 3 aromatic rings. The minimum atomic E-state index is -0.559. The molecule has 0 spiro atoms. The van der Waals surface area contributed by atoms with Gasteiger partial charge in [0.1, 0.15) is 17.2 Å². The minimum Gasteiger partial charge on any atom is -0.497 e. The monoisotopic (exact) mass is 504 g/mol. The Kier molecular flexibility index (Phi) is 6.76. The fourth-order valence-electron chi connectivity index (χ4n) is 4.82. The second-order valence-corrected chi connectivity index (χ2v) is 8.72. The maximum Gasteiger partial charge on any atom is 0.231 e. The van der Waals surface area contributed by atoms with E-state index < -0.39 is 12.0 Å². The molecule has 0 radical (unpaired) electrons. The van der Waals surface area contributed by atoms with E-state index in [1.807, 2.05) is 30.3 Å². The second kappa shape index (κ2) is 10.3. The molecule has 0 aliphatic carbocycles. The van der Waals surface area contributed by atoms with Crippen LogP contribution in [0.1, 0.15) is 24.4 Å². The lowest BCUT2D eigenvalue weighted by Gasteiger charge is -2.41. The van der Waals surface area contributed by atoms with Gasteiger partial charge in [-0.1, -0.05) is 12.1 Å². The number of carbonyl (C=O) groups excluding carboxylic acids is 2. The van der Waals surface area contributed by atoms with E-state index in [0.717, 1.165) is 5.56 Å². The Labute approximate surface area is 214 Å². The van der Waals surface area contributed by atoms with E-state index in [4.69, 9.17) is 23.7 Å². The van der Waals surface area contributed by atoms with Crippen molar-refractivity contribution in [3.8, 4) is 28.7 Å². The molecule has 0 aromatic heterocycles. The van der Waals surface area contributed by atoms with Gasteiger partial charge in [-0.3, -0.25) is 9.59 Å². The Hall–Kier alpha value is -4.40. The van der Waals surface area contributed by atoms with Gasteiger partial charge in [-0.2, -0.15) is 0 Å². The summed E-state index contributed by atoms with van der Waals surface area (Å²) in [6, 6.07) is 17.4. The summed E-state index contributed by atoms with van der Waals surface area (Å²) < 4.78 is 27.1. The van der Waals surface area contributed by atoms with Gasteiger partial charge >= 0.3 is 0 Å². The van der Waals surface area contributed by atoms with Gasteiger partial charge in [0.15, 0.2) is 11.5 Å². The summed E-state index contributed by atoms with van der Waals surface area (Å²) in [5.74, 6) is 2.13. The van der Waals surface area contributed by atoms with E-state index in [1.165, 1.54) is 7.11 Å². The summed E-state index contributed by atoms with van der Waals surface area (Å²) in [4.78, 5) is 28.8. The third-order valence-electron chi connectivity index (χ3n) is 6.69. The number of piperidine rings is 1. The predicted molar refractivity (Wildman–Crippen MR) is 137 cm³/mol. The van der Waals surface area contributed by atoms with Gasteiger partial charge in [-0.15, -0.1) is 0 Å². The first-order valence-electron chi connectivity index (χ1n) is 11.9. The summed E-state index contributed by atoms with van der Waals surface area (Å²) in [5.41, 5.74) is 1.97. The molecule has 192 valence electrons. The Bertz CT molecular complexity index is 1310. The second-order valence-electron chi connectivity index (χ2n) is 8.72. The first kappa shape index (κ1) is 24.3. The fourth-order valence-corrected chi connectivity index (χ4v) is 4.82. The quantitative estimate of drug-likeness (QED) is 0.504. The molecule has 2 aliphatic heterocycles. The molecule has 3 aromatic carbocycles. The largest absolute Gasteiger partial charge is 0.497 e. The number of anilines is 2. The van der Waals surface area contributed by atoms with Gasteiger partial charge in [0.25, 0.3) is 0 Å². The van der Waals surface area contributed by atoms with Crippen molar-refractivity contribution in [2.75, 3.05) is 38.3 Å². The zero-order valence-electron chi connectivity index (χ0n) is 20.9. The summed E-state index contributed by atoms with van der Waals surface area (Å²) in [5, 5.41) is 3.01. The number of benzene rings is 3. The number of fused-ring (bicyclic) bond motifs is 1. The lowest BCUT2D eigenvalue weighted by atomic mass is 9.83. The van der Waals surface area contributed by atoms with Crippen LogP contribution in [0.25, 0.3) is 0 Å². The summed E-state index contributed by atoms with van der Waals surface area (Å²) in [6.07, 6.45) is 0.611. The highest BCUT2D eigenvalue weighted by Gasteiger charge is 2.42. The maximum atomic E-state index is 13.8. The normalized spacial score (nSPS) is 18.4. The molecule has 1 saturated heterocycles. The molecule has 0 bridgehead atoms. The van der Waals surface area contributed by atoms with Crippen LogP contribution in [-0.2, 0) is 9.59 Å². The summed E-state index contributed by atoms with van der Waals surface area (Å²) >= 11 is 0.